The molecule has 0 bridgehead atoms. The van der Waals surface area contributed by atoms with Crippen molar-refractivity contribution in [3.8, 4) is 0 Å². The van der Waals surface area contributed by atoms with E-state index in [1.807, 2.05) is 13.8 Å². The lowest BCUT2D eigenvalue weighted by molar-refractivity contribution is 0.239. The van der Waals surface area contributed by atoms with Gasteiger partial charge in [-0.15, -0.1) is 0 Å². The van der Waals surface area contributed by atoms with Gasteiger partial charge in [0, 0.05) is 13.1 Å². The standard InChI is InChI=1S/C16H24N2.C2H6/c1-2-4-15(5-3-1)16-8-11-18(13-16)12-14-6-9-17-10-7-14;1-2/h1-5,14,16-17H,6-13H2;1-2H3. The van der Waals surface area contributed by atoms with Crippen molar-refractivity contribution in [1.29, 1.82) is 0 Å². The third kappa shape index (κ3) is 4.32. The molecule has 2 aliphatic heterocycles. The van der Waals surface area contributed by atoms with Crippen LogP contribution in [0.3, 0.4) is 0 Å². The molecule has 1 N–H and O–H groups in total. The van der Waals surface area contributed by atoms with Gasteiger partial charge in [0.2, 0.25) is 0 Å². The Balaban J connectivity index is 0.000000704. The Morgan fingerprint density at radius 2 is 1.75 bits per heavy atom. The summed E-state index contributed by atoms with van der Waals surface area (Å²) in [4.78, 5) is 2.69. The number of nitrogens with one attached hydrogen (secondary N) is 1. The molecule has 0 saturated carbocycles. The smallest absolute Gasteiger partial charge is 0.00509 e. The van der Waals surface area contributed by atoms with Gasteiger partial charge < -0.3 is 10.2 Å². The fourth-order valence-corrected chi connectivity index (χ4v) is 3.43. The van der Waals surface area contributed by atoms with Gasteiger partial charge in [0.15, 0.2) is 0 Å². The van der Waals surface area contributed by atoms with Crippen LogP contribution in [0, 0.1) is 5.92 Å². The average molecular weight is 274 g/mol. The maximum absolute atomic E-state index is 3.46. The van der Waals surface area contributed by atoms with E-state index in [-0.39, 0.29) is 0 Å². The first-order valence-electron chi connectivity index (χ1n) is 8.40. The van der Waals surface area contributed by atoms with Gasteiger partial charge in [-0.1, -0.05) is 44.2 Å². The van der Waals surface area contributed by atoms with E-state index >= 15 is 0 Å². The lowest BCUT2D eigenvalue weighted by atomic mass is 9.97. The van der Waals surface area contributed by atoms with Crippen LogP contribution in [0.2, 0.25) is 0 Å². The largest absolute Gasteiger partial charge is 0.317 e. The number of nitrogens with zero attached hydrogens (tertiary/aromatic N) is 1. The van der Waals surface area contributed by atoms with E-state index in [0.29, 0.717) is 0 Å². The Kier molecular flexibility index (Phi) is 6.55. The van der Waals surface area contributed by atoms with Crippen molar-refractivity contribution in [3.63, 3.8) is 0 Å². The normalized spacial score (nSPS) is 24.2. The molecule has 0 amide bonds. The summed E-state index contributed by atoms with van der Waals surface area (Å²) < 4.78 is 0. The van der Waals surface area contributed by atoms with Crippen LogP contribution in [-0.4, -0.2) is 37.6 Å². The quantitative estimate of drug-likeness (QED) is 0.907. The minimum absolute atomic E-state index is 0.771. The van der Waals surface area contributed by atoms with E-state index < -0.39 is 0 Å². The van der Waals surface area contributed by atoms with E-state index in [1.165, 1.54) is 57.5 Å². The highest BCUT2D eigenvalue weighted by Gasteiger charge is 2.26. The van der Waals surface area contributed by atoms with Crippen molar-refractivity contribution in [3.05, 3.63) is 35.9 Å². The van der Waals surface area contributed by atoms with Crippen LogP contribution in [0.1, 0.15) is 44.6 Å². The van der Waals surface area contributed by atoms with Gasteiger partial charge in [-0.3, -0.25) is 0 Å². The lowest BCUT2D eigenvalue weighted by Gasteiger charge is -2.27. The summed E-state index contributed by atoms with van der Waals surface area (Å²) in [6.07, 6.45) is 4.08. The van der Waals surface area contributed by atoms with Crippen LogP contribution in [0.4, 0.5) is 0 Å². The Bertz CT molecular complexity index is 357. The molecule has 2 saturated heterocycles. The zero-order valence-electron chi connectivity index (χ0n) is 13.1. The summed E-state index contributed by atoms with van der Waals surface area (Å²) in [5.74, 6) is 1.70. The summed E-state index contributed by atoms with van der Waals surface area (Å²) >= 11 is 0. The number of piperidine rings is 1. The summed E-state index contributed by atoms with van der Waals surface area (Å²) in [6, 6.07) is 11.0. The third-order valence-corrected chi connectivity index (χ3v) is 4.52. The molecule has 1 unspecified atom stereocenters. The monoisotopic (exact) mass is 274 g/mol. The molecule has 0 radical (unpaired) electrons. The van der Waals surface area contributed by atoms with Gasteiger partial charge in [0.1, 0.15) is 0 Å². The highest BCUT2D eigenvalue weighted by Crippen LogP contribution is 2.28. The lowest BCUT2D eigenvalue weighted by Crippen LogP contribution is -2.35. The van der Waals surface area contributed by atoms with Gasteiger partial charge in [0.05, 0.1) is 0 Å². The molecule has 0 aliphatic carbocycles. The van der Waals surface area contributed by atoms with Crippen LogP contribution >= 0.6 is 0 Å². The zero-order chi connectivity index (χ0) is 14.2. The van der Waals surface area contributed by atoms with Crippen molar-refractivity contribution < 1.29 is 0 Å². The molecule has 20 heavy (non-hydrogen) atoms. The second-order valence-electron chi connectivity index (χ2n) is 5.85. The molecule has 3 rings (SSSR count). The van der Waals surface area contributed by atoms with Crippen LogP contribution < -0.4 is 5.32 Å². The number of hydrogen-bond acceptors (Lipinski definition) is 2. The van der Waals surface area contributed by atoms with Gasteiger partial charge in [-0.25, -0.2) is 0 Å². The molecule has 0 spiro atoms. The summed E-state index contributed by atoms with van der Waals surface area (Å²) in [6.45, 7) is 10.3. The Morgan fingerprint density at radius 3 is 2.45 bits per heavy atom. The first-order chi connectivity index (χ1) is 9.92. The molecule has 2 aliphatic rings. The van der Waals surface area contributed by atoms with E-state index in [9.17, 15) is 0 Å². The highest BCUT2D eigenvalue weighted by atomic mass is 15.1. The van der Waals surface area contributed by atoms with Gasteiger partial charge in [-0.2, -0.15) is 0 Å². The molecule has 2 fully saturated rings. The first kappa shape index (κ1) is 15.5. The Morgan fingerprint density at radius 1 is 1.05 bits per heavy atom. The van der Waals surface area contributed by atoms with Crippen LogP contribution in [0.15, 0.2) is 30.3 Å². The maximum Gasteiger partial charge on any atom is 0.00509 e. The van der Waals surface area contributed by atoms with E-state index in [1.54, 1.807) is 0 Å². The molecular weight excluding hydrogens is 244 g/mol. The van der Waals surface area contributed by atoms with Gasteiger partial charge >= 0.3 is 0 Å². The Hall–Kier alpha value is -0.860. The minimum atomic E-state index is 0.771. The van der Waals surface area contributed by atoms with E-state index in [2.05, 4.69) is 40.5 Å². The SMILES string of the molecule is CC.c1ccc(C2CCN(CC3CCNCC3)C2)cc1. The molecule has 0 aromatic heterocycles. The Labute approximate surface area is 124 Å². The molecule has 112 valence electrons. The second-order valence-corrected chi connectivity index (χ2v) is 5.85. The number of likely N-dealkylation sites (tertiary alicyclic amines) is 1. The third-order valence-electron chi connectivity index (χ3n) is 4.52. The van der Waals surface area contributed by atoms with Crippen molar-refractivity contribution in [2.24, 2.45) is 5.92 Å². The fraction of sp³-hybridized carbons (Fsp3) is 0.667. The molecule has 2 nitrogen and oxygen atoms in total. The van der Waals surface area contributed by atoms with E-state index in [4.69, 9.17) is 0 Å². The molecule has 2 heterocycles. The maximum atomic E-state index is 3.46. The van der Waals surface area contributed by atoms with Crippen molar-refractivity contribution in [2.75, 3.05) is 32.7 Å². The minimum Gasteiger partial charge on any atom is -0.317 e. The summed E-state index contributed by atoms with van der Waals surface area (Å²) in [5.41, 5.74) is 1.53. The summed E-state index contributed by atoms with van der Waals surface area (Å²) in [7, 11) is 0. The predicted octanol–water partition coefficient (Wildman–Crippen LogP) is 3.50. The average Bonchev–Trinajstić information content (AvgIpc) is 3.00. The highest BCUT2D eigenvalue weighted by molar-refractivity contribution is 5.20. The van der Waals surface area contributed by atoms with Gasteiger partial charge in [0.25, 0.3) is 0 Å². The van der Waals surface area contributed by atoms with Crippen LogP contribution in [0.25, 0.3) is 0 Å². The number of rotatable bonds is 3. The van der Waals surface area contributed by atoms with Crippen molar-refractivity contribution >= 4 is 0 Å². The molecule has 1 aromatic carbocycles. The molecule has 2 heteroatoms. The van der Waals surface area contributed by atoms with Crippen molar-refractivity contribution in [1.82, 2.24) is 10.2 Å². The molecule has 1 aromatic rings. The predicted molar refractivity (Wildman–Crippen MR) is 87.2 cm³/mol. The van der Waals surface area contributed by atoms with Crippen LogP contribution in [0.5, 0.6) is 0 Å². The fourth-order valence-electron chi connectivity index (χ4n) is 3.43. The van der Waals surface area contributed by atoms with Crippen LogP contribution in [-0.2, 0) is 0 Å². The zero-order valence-corrected chi connectivity index (χ0v) is 13.1. The van der Waals surface area contributed by atoms with Gasteiger partial charge in [-0.05, 0) is 56.3 Å². The number of hydrogen-bond donors (Lipinski definition) is 1. The molecule has 1 atom stereocenters. The topological polar surface area (TPSA) is 15.3 Å². The van der Waals surface area contributed by atoms with E-state index in [0.717, 1.165) is 11.8 Å². The molecular formula is C18H30N2. The first-order valence-corrected chi connectivity index (χ1v) is 8.40. The second kappa shape index (κ2) is 8.43. The summed E-state index contributed by atoms with van der Waals surface area (Å²) in [5, 5.41) is 3.46. The van der Waals surface area contributed by atoms with Crippen molar-refractivity contribution in [2.45, 2.75) is 39.0 Å². The number of benzene rings is 1.